The number of nitrogens with zero attached hydrogens (tertiary/aromatic N) is 1. The molecule has 104 valence electrons. The van der Waals surface area contributed by atoms with Gasteiger partial charge < -0.3 is 15.7 Å². The maximum absolute atomic E-state index is 9.17. The van der Waals surface area contributed by atoms with Crippen molar-refractivity contribution in [2.75, 3.05) is 18.1 Å². The average Bonchev–Trinajstić information content (AvgIpc) is 2.39. The molecule has 1 aromatic carbocycles. The van der Waals surface area contributed by atoms with Gasteiger partial charge in [0, 0.05) is 30.4 Å². The molecule has 0 aliphatic carbocycles. The highest BCUT2D eigenvalue weighted by Crippen LogP contribution is 2.30. The Morgan fingerprint density at radius 1 is 1.47 bits per heavy atom. The first-order valence-electron chi connectivity index (χ1n) is 6.60. The maximum atomic E-state index is 9.17. The molecule has 1 aromatic rings. The van der Waals surface area contributed by atoms with E-state index in [0.29, 0.717) is 16.1 Å². The van der Waals surface area contributed by atoms with Gasteiger partial charge >= 0.3 is 0 Å². The summed E-state index contributed by atoms with van der Waals surface area (Å²) in [6.45, 7) is 1.23. The average molecular weight is 299 g/mol. The Balaban J connectivity index is 2.24. The molecule has 3 nitrogen and oxygen atoms in total. The molecule has 5 heteroatoms. The van der Waals surface area contributed by atoms with Gasteiger partial charge in [-0.3, -0.25) is 0 Å². The van der Waals surface area contributed by atoms with E-state index in [0.717, 1.165) is 30.6 Å². The molecule has 1 saturated heterocycles. The summed E-state index contributed by atoms with van der Waals surface area (Å²) in [6, 6.07) is 6.21. The van der Waals surface area contributed by atoms with Crippen LogP contribution in [0, 0.1) is 0 Å². The van der Waals surface area contributed by atoms with E-state index in [-0.39, 0.29) is 6.61 Å². The van der Waals surface area contributed by atoms with Crippen LogP contribution in [0.4, 0.5) is 5.69 Å². The van der Waals surface area contributed by atoms with Crippen molar-refractivity contribution in [1.82, 2.24) is 0 Å². The predicted octanol–water partition coefficient (Wildman–Crippen LogP) is 2.72. The number of hydrogen-bond acceptors (Lipinski definition) is 3. The van der Waals surface area contributed by atoms with Crippen LogP contribution in [0.3, 0.4) is 0 Å². The number of benzene rings is 1. The van der Waals surface area contributed by atoms with E-state index >= 15 is 0 Å². The van der Waals surface area contributed by atoms with E-state index in [1.165, 1.54) is 12.8 Å². The van der Waals surface area contributed by atoms with E-state index in [2.05, 4.69) is 4.90 Å². The van der Waals surface area contributed by atoms with Crippen LogP contribution in [0.5, 0.6) is 0 Å². The molecule has 2 rings (SSSR count). The third kappa shape index (κ3) is 3.38. The van der Waals surface area contributed by atoms with E-state index < -0.39 is 0 Å². The van der Waals surface area contributed by atoms with Crippen LogP contribution in [-0.2, 0) is 0 Å². The summed E-state index contributed by atoms with van der Waals surface area (Å²) in [5, 5.41) is 9.76. The Morgan fingerprint density at radius 3 is 2.89 bits per heavy atom. The van der Waals surface area contributed by atoms with Gasteiger partial charge in [-0.25, -0.2) is 0 Å². The van der Waals surface area contributed by atoms with E-state index in [9.17, 15) is 0 Å². The molecular weight excluding hydrogens is 280 g/mol. The number of rotatable bonds is 4. The van der Waals surface area contributed by atoms with Gasteiger partial charge in [-0.05, 0) is 43.9 Å². The van der Waals surface area contributed by atoms with Gasteiger partial charge in [-0.1, -0.05) is 23.8 Å². The molecule has 0 amide bonds. The molecule has 0 radical (unpaired) electrons. The Hall–Kier alpha value is -0.840. The minimum atomic E-state index is 0.222. The van der Waals surface area contributed by atoms with Crippen LogP contribution < -0.4 is 10.6 Å². The van der Waals surface area contributed by atoms with Gasteiger partial charge in [0.25, 0.3) is 0 Å². The van der Waals surface area contributed by atoms with Crippen molar-refractivity contribution in [2.45, 2.75) is 31.7 Å². The summed E-state index contributed by atoms with van der Waals surface area (Å²) in [7, 11) is 0. The SMILES string of the molecule is NC(=S)c1ccc(N2CCCCC2CCO)cc1Cl. The molecule has 19 heavy (non-hydrogen) atoms. The molecule has 1 heterocycles. The topological polar surface area (TPSA) is 49.5 Å². The molecule has 0 saturated carbocycles. The summed E-state index contributed by atoms with van der Waals surface area (Å²) in [5.41, 5.74) is 7.42. The number of piperidine rings is 1. The quantitative estimate of drug-likeness (QED) is 0.839. The second kappa shape index (κ2) is 6.55. The number of hydrogen-bond donors (Lipinski definition) is 2. The molecule has 1 aliphatic heterocycles. The fourth-order valence-electron chi connectivity index (χ4n) is 2.67. The van der Waals surface area contributed by atoms with Gasteiger partial charge in [0.1, 0.15) is 4.99 Å². The van der Waals surface area contributed by atoms with Crippen molar-refractivity contribution in [3.05, 3.63) is 28.8 Å². The third-order valence-corrected chi connectivity index (χ3v) is 4.17. The van der Waals surface area contributed by atoms with Gasteiger partial charge in [0.15, 0.2) is 0 Å². The van der Waals surface area contributed by atoms with Crippen molar-refractivity contribution >= 4 is 34.5 Å². The lowest BCUT2D eigenvalue weighted by molar-refractivity contribution is 0.262. The first kappa shape index (κ1) is 14.6. The maximum Gasteiger partial charge on any atom is 0.105 e. The molecule has 3 N–H and O–H groups in total. The number of thiocarbonyl (C=S) groups is 1. The zero-order chi connectivity index (χ0) is 13.8. The summed E-state index contributed by atoms with van der Waals surface area (Å²) in [4.78, 5) is 2.65. The number of halogens is 1. The lowest BCUT2D eigenvalue weighted by Crippen LogP contribution is -2.40. The third-order valence-electron chi connectivity index (χ3n) is 3.64. The lowest BCUT2D eigenvalue weighted by atomic mass is 9.98. The van der Waals surface area contributed by atoms with E-state index in [4.69, 9.17) is 34.7 Å². The van der Waals surface area contributed by atoms with E-state index in [1.54, 1.807) is 0 Å². The zero-order valence-electron chi connectivity index (χ0n) is 10.8. The van der Waals surface area contributed by atoms with Crippen molar-refractivity contribution in [3.63, 3.8) is 0 Å². The fraction of sp³-hybridized carbons (Fsp3) is 0.500. The summed E-state index contributed by atoms with van der Waals surface area (Å²) in [6.07, 6.45) is 4.32. The van der Waals surface area contributed by atoms with Crippen molar-refractivity contribution in [2.24, 2.45) is 5.73 Å². The molecule has 0 aromatic heterocycles. The number of aliphatic hydroxyl groups excluding tert-OH is 1. The minimum Gasteiger partial charge on any atom is -0.396 e. The van der Waals surface area contributed by atoms with Crippen LogP contribution in [0.15, 0.2) is 18.2 Å². The largest absolute Gasteiger partial charge is 0.396 e. The Morgan fingerprint density at radius 2 is 2.26 bits per heavy atom. The van der Waals surface area contributed by atoms with Crippen LogP contribution in [0.1, 0.15) is 31.2 Å². The first-order chi connectivity index (χ1) is 9.13. The molecule has 1 atom stereocenters. The van der Waals surface area contributed by atoms with Crippen LogP contribution >= 0.6 is 23.8 Å². The normalized spacial score (nSPS) is 19.5. The van der Waals surface area contributed by atoms with Crippen molar-refractivity contribution in [3.8, 4) is 0 Å². The van der Waals surface area contributed by atoms with Crippen LogP contribution in [-0.4, -0.2) is 29.3 Å². The highest BCUT2D eigenvalue weighted by Gasteiger charge is 2.22. The van der Waals surface area contributed by atoms with Crippen molar-refractivity contribution in [1.29, 1.82) is 0 Å². The summed E-state index contributed by atoms with van der Waals surface area (Å²) < 4.78 is 0. The lowest BCUT2D eigenvalue weighted by Gasteiger charge is -2.37. The van der Waals surface area contributed by atoms with Crippen LogP contribution in [0.25, 0.3) is 0 Å². The monoisotopic (exact) mass is 298 g/mol. The minimum absolute atomic E-state index is 0.222. The fourth-order valence-corrected chi connectivity index (χ4v) is 3.18. The first-order valence-corrected chi connectivity index (χ1v) is 7.39. The second-order valence-corrected chi connectivity index (χ2v) is 5.73. The molecule has 1 unspecified atom stereocenters. The summed E-state index contributed by atoms with van der Waals surface area (Å²) >= 11 is 11.2. The molecule has 1 fully saturated rings. The van der Waals surface area contributed by atoms with Gasteiger partial charge in [0.2, 0.25) is 0 Å². The standard InChI is InChI=1S/C14H19ClN2OS/c15-13-9-11(4-5-12(13)14(16)19)17-7-2-1-3-10(17)6-8-18/h4-5,9-10,18H,1-3,6-8H2,(H2,16,19). The molecule has 1 aliphatic rings. The Kier molecular flexibility index (Phi) is 5.02. The number of anilines is 1. The number of nitrogens with two attached hydrogens (primary N) is 1. The Labute approximate surface area is 124 Å². The van der Waals surface area contributed by atoms with Crippen LogP contribution in [0.2, 0.25) is 5.02 Å². The van der Waals surface area contributed by atoms with Gasteiger partial charge in [-0.15, -0.1) is 0 Å². The molecule has 0 bridgehead atoms. The molecular formula is C14H19ClN2OS. The zero-order valence-corrected chi connectivity index (χ0v) is 12.4. The second-order valence-electron chi connectivity index (χ2n) is 4.88. The smallest absolute Gasteiger partial charge is 0.105 e. The molecule has 0 spiro atoms. The predicted molar refractivity (Wildman–Crippen MR) is 84.0 cm³/mol. The van der Waals surface area contributed by atoms with Gasteiger partial charge in [0.05, 0.1) is 5.02 Å². The summed E-state index contributed by atoms with van der Waals surface area (Å²) in [5.74, 6) is 0. The number of aliphatic hydroxyl groups is 1. The van der Waals surface area contributed by atoms with E-state index in [1.807, 2.05) is 18.2 Å². The van der Waals surface area contributed by atoms with Gasteiger partial charge in [-0.2, -0.15) is 0 Å². The van der Waals surface area contributed by atoms with Crippen molar-refractivity contribution < 1.29 is 5.11 Å². The highest BCUT2D eigenvalue weighted by molar-refractivity contribution is 7.80. The Bertz CT molecular complexity index is 465. The highest BCUT2D eigenvalue weighted by atomic mass is 35.5.